The molecule has 2 aromatic carbocycles. The van der Waals surface area contributed by atoms with Crippen LogP contribution in [0.15, 0.2) is 36.4 Å². The quantitative estimate of drug-likeness (QED) is 0.738. The van der Waals surface area contributed by atoms with Gasteiger partial charge in [-0.1, -0.05) is 18.2 Å². The van der Waals surface area contributed by atoms with Crippen molar-refractivity contribution in [2.75, 3.05) is 0 Å². The lowest BCUT2D eigenvalue weighted by Crippen LogP contribution is -2.41. The first-order chi connectivity index (χ1) is 13.1. The molecule has 0 aliphatic carbocycles. The van der Waals surface area contributed by atoms with E-state index in [1.807, 2.05) is 25.1 Å². The Labute approximate surface area is 167 Å². The maximum Gasteiger partial charge on any atom is 0.494 e. The van der Waals surface area contributed by atoms with E-state index in [2.05, 4.69) is 33.8 Å². The van der Waals surface area contributed by atoms with Gasteiger partial charge in [0.25, 0.3) is 0 Å². The summed E-state index contributed by atoms with van der Waals surface area (Å²) >= 11 is 0. The summed E-state index contributed by atoms with van der Waals surface area (Å²) in [6.07, 6.45) is 2.80. The Hall–Kier alpha value is -1.85. The molecule has 0 bridgehead atoms. The van der Waals surface area contributed by atoms with Crippen LogP contribution in [-0.4, -0.2) is 24.4 Å². The fraction of sp³-hybridized carbons (Fsp3) is 0.478. The zero-order valence-corrected chi connectivity index (χ0v) is 17.3. The van der Waals surface area contributed by atoms with Crippen LogP contribution in [-0.2, 0) is 22.2 Å². The monoisotopic (exact) mass is 382 g/mol. The van der Waals surface area contributed by atoms with Crippen molar-refractivity contribution in [1.29, 1.82) is 0 Å². The van der Waals surface area contributed by atoms with Crippen molar-refractivity contribution >= 4 is 12.6 Å². The highest BCUT2D eigenvalue weighted by Gasteiger charge is 2.51. The molecule has 0 aromatic heterocycles. The molecule has 2 aromatic rings. The minimum atomic E-state index is -0.352. The van der Waals surface area contributed by atoms with Gasteiger partial charge in [-0.05, 0) is 87.8 Å². The van der Waals surface area contributed by atoms with Gasteiger partial charge in [0.2, 0.25) is 0 Å². The first kappa shape index (κ1) is 19.5. The number of halogens is 1. The molecule has 28 heavy (non-hydrogen) atoms. The summed E-state index contributed by atoms with van der Waals surface area (Å²) in [5.74, 6) is 0.739. The minimum absolute atomic E-state index is 0.111. The van der Waals surface area contributed by atoms with Crippen LogP contribution in [0.5, 0.6) is 5.75 Å². The molecular weight excluding hydrogens is 354 g/mol. The lowest BCUT2D eigenvalue weighted by Gasteiger charge is -2.32. The molecule has 0 N–H and O–H groups in total. The van der Waals surface area contributed by atoms with Gasteiger partial charge in [-0.3, -0.25) is 0 Å². The molecule has 0 saturated carbocycles. The predicted octanol–water partition coefficient (Wildman–Crippen LogP) is 4.37. The van der Waals surface area contributed by atoms with E-state index < -0.39 is 0 Å². The van der Waals surface area contributed by atoms with Gasteiger partial charge in [0.15, 0.2) is 0 Å². The number of benzene rings is 2. The van der Waals surface area contributed by atoms with Gasteiger partial charge >= 0.3 is 7.12 Å². The lowest BCUT2D eigenvalue weighted by atomic mass is 9.77. The molecule has 2 heterocycles. The highest BCUT2D eigenvalue weighted by atomic mass is 19.1. The van der Waals surface area contributed by atoms with Crippen LogP contribution in [0.2, 0.25) is 0 Å². The van der Waals surface area contributed by atoms with Crippen molar-refractivity contribution in [1.82, 2.24) is 0 Å². The van der Waals surface area contributed by atoms with E-state index in [-0.39, 0.29) is 30.2 Å². The van der Waals surface area contributed by atoms with Crippen molar-refractivity contribution in [3.8, 4) is 5.75 Å². The number of hydrogen-bond acceptors (Lipinski definition) is 3. The molecule has 1 fully saturated rings. The van der Waals surface area contributed by atoms with E-state index in [0.29, 0.717) is 0 Å². The van der Waals surface area contributed by atoms with E-state index >= 15 is 0 Å². The van der Waals surface area contributed by atoms with E-state index in [0.717, 1.165) is 41.6 Å². The molecule has 148 valence electrons. The summed E-state index contributed by atoms with van der Waals surface area (Å²) < 4.78 is 31.9. The second kappa shape index (κ2) is 6.89. The fourth-order valence-electron chi connectivity index (χ4n) is 3.87. The van der Waals surface area contributed by atoms with E-state index in [9.17, 15) is 4.39 Å². The van der Waals surface area contributed by atoms with Crippen LogP contribution in [0.25, 0.3) is 0 Å². The van der Waals surface area contributed by atoms with Gasteiger partial charge in [0.1, 0.15) is 17.7 Å². The summed E-state index contributed by atoms with van der Waals surface area (Å²) in [5, 5.41) is 0. The van der Waals surface area contributed by atoms with Crippen molar-refractivity contribution in [3.63, 3.8) is 0 Å². The van der Waals surface area contributed by atoms with Crippen LogP contribution >= 0.6 is 0 Å². The number of aryl methyl sites for hydroxylation is 2. The average molecular weight is 382 g/mol. The van der Waals surface area contributed by atoms with Gasteiger partial charge in [0.05, 0.1) is 11.2 Å². The second-order valence-electron chi connectivity index (χ2n) is 9.01. The van der Waals surface area contributed by atoms with Gasteiger partial charge in [-0.2, -0.15) is 0 Å². The molecule has 0 amide bonds. The standard InChI is InChI=1S/C23H28BFO3/c1-15-12-19(25)9-6-16(15)14-20-10-7-17-13-18(8-11-21(17)26-20)24-27-22(2,3)23(4,5)28-24/h6,8-9,11-13,20H,7,10,14H2,1-5H3/t20-/m1/s1. The Morgan fingerprint density at radius 2 is 1.75 bits per heavy atom. The van der Waals surface area contributed by atoms with Crippen LogP contribution in [0.3, 0.4) is 0 Å². The predicted molar refractivity (Wildman–Crippen MR) is 110 cm³/mol. The Morgan fingerprint density at radius 1 is 1.04 bits per heavy atom. The maximum atomic E-state index is 13.3. The summed E-state index contributed by atoms with van der Waals surface area (Å²) in [6, 6.07) is 11.2. The van der Waals surface area contributed by atoms with Crippen molar-refractivity contribution in [2.45, 2.75) is 71.2 Å². The molecule has 4 rings (SSSR count). The molecule has 0 spiro atoms. The number of ether oxygens (including phenoxy) is 1. The highest BCUT2D eigenvalue weighted by molar-refractivity contribution is 6.62. The van der Waals surface area contributed by atoms with E-state index in [4.69, 9.17) is 14.0 Å². The molecular formula is C23H28BFO3. The highest BCUT2D eigenvalue weighted by Crippen LogP contribution is 2.37. The summed E-state index contributed by atoms with van der Waals surface area (Å²) in [6.45, 7) is 10.2. The fourth-order valence-corrected chi connectivity index (χ4v) is 3.87. The maximum absolute atomic E-state index is 13.3. The summed E-state index contributed by atoms with van der Waals surface area (Å²) in [4.78, 5) is 0. The van der Waals surface area contributed by atoms with Crippen molar-refractivity contribution < 1.29 is 18.4 Å². The normalized spacial score (nSPS) is 22.6. The van der Waals surface area contributed by atoms with Gasteiger partial charge in [0, 0.05) is 6.42 Å². The molecule has 5 heteroatoms. The molecule has 3 nitrogen and oxygen atoms in total. The van der Waals surface area contributed by atoms with Crippen LogP contribution in [0, 0.1) is 12.7 Å². The number of rotatable bonds is 3. The van der Waals surface area contributed by atoms with Crippen LogP contribution in [0.4, 0.5) is 4.39 Å². The molecule has 0 unspecified atom stereocenters. The SMILES string of the molecule is Cc1cc(F)ccc1C[C@H]1CCc2cc(B3OC(C)(C)C(C)(C)O3)ccc2O1. The Morgan fingerprint density at radius 3 is 2.43 bits per heavy atom. The zero-order chi connectivity index (χ0) is 20.1. The first-order valence-electron chi connectivity index (χ1n) is 10.0. The second-order valence-corrected chi connectivity index (χ2v) is 9.01. The van der Waals surface area contributed by atoms with Gasteiger partial charge in [-0.15, -0.1) is 0 Å². The number of hydrogen-bond donors (Lipinski definition) is 0. The first-order valence-corrected chi connectivity index (χ1v) is 10.0. The molecule has 0 radical (unpaired) electrons. The Kier molecular flexibility index (Phi) is 4.79. The third-order valence-corrected chi connectivity index (χ3v) is 6.39. The van der Waals surface area contributed by atoms with Crippen LogP contribution in [0.1, 0.15) is 50.8 Å². The smallest absolute Gasteiger partial charge is 0.490 e. The summed E-state index contributed by atoms with van der Waals surface area (Å²) in [5.41, 5.74) is 3.66. The molecule has 2 aliphatic heterocycles. The van der Waals surface area contributed by atoms with Gasteiger partial charge in [-0.25, -0.2) is 4.39 Å². The third kappa shape index (κ3) is 3.58. The van der Waals surface area contributed by atoms with Crippen molar-refractivity contribution in [3.05, 3.63) is 58.9 Å². The lowest BCUT2D eigenvalue weighted by molar-refractivity contribution is 0.00578. The topological polar surface area (TPSA) is 27.7 Å². The number of fused-ring (bicyclic) bond motifs is 1. The van der Waals surface area contributed by atoms with E-state index in [1.165, 1.54) is 11.6 Å². The average Bonchev–Trinajstić information content (AvgIpc) is 2.84. The summed E-state index contributed by atoms with van der Waals surface area (Å²) in [7, 11) is -0.352. The Bertz CT molecular complexity index is 877. The van der Waals surface area contributed by atoms with Gasteiger partial charge < -0.3 is 14.0 Å². The zero-order valence-electron chi connectivity index (χ0n) is 17.3. The molecule has 2 aliphatic rings. The third-order valence-electron chi connectivity index (χ3n) is 6.39. The molecule has 1 saturated heterocycles. The largest absolute Gasteiger partial charge is 0.494 e. The van der Waals surface area contributed by atoms with E-state index in [1.54, 1.807) is 6.07 Å². The Balaban J connectivity index is 1.48. The molecule has 1 atom stereocenters. The van der Waals surface area contributed by atoms with Crippen LogP contribution < -0.4 is 10.2 Å². The van der Waals surface area contributed by atoms with Crippen molar-refractivity contribution in [2.24, 2.45) is 0 Å². The minimum Gasteiger partial charge on any atom is -0.490 e.